The monoisotopic (exact) mass is 255 g/mol. The molecule has 2 aromatic rings. The van der Waals surface area contributed by atoms with Crippen molar-refractivity contribution in [3.05, 3.63) is 54.1 Å². The van der Waals surface area contributed by atoms with E-state index in [9.17, 15) is 0 Å². The normalized spacial score (nSPS) is 13.6. The third-order valence-electron chi connectivity index (χ3n) is 3.34. The highest BCUT2D eigenvalue weighted by atomic mass is 16.5. The van der Waals surface area contributed by atoms with Gasteiger partial charge in [-0.1, -0.05) is 30.3 Å². The summed E-state index contributed by atoms with van der Waals surface area (Å²) in [7, 11) is 1.69. The molecule has 1 heterocycles. The Bertz CT molecular complexity index is 554. The summed E-state index contributed by atoms with van der Waals surface area (Å²) >= 11 is 0. The zero-order chi connectivity index (χ0) is 13.1. The molecule has 0 N–H and O–H groups in total. The predicted molar refractivity (Wildman–Crippen MR) is 76.0 cm³/mol. The summed E-state index contributed by atoms with van der Waals surface area (Å²) in [5, 5.41) is 0. The average Bonchev–Trinajstić information content (AvgIpc) is 2.48. The molecule has 2 aromatic carbocycles. The molecule has 3 nitrogen and oxygen atoms in total. The van der Waals surface area contributed by atoms with E-state index in [1.165, 1.54) is 5.56 Å². The highest BCUT2D eigenvalue weighted by molar-refractivity contribution is 5.63. The second-order valence-electron chi connectivity index (χ2n) is 4.59. The number of methoxy groups -OCH3 is 1. The van der Waals surface area contributed by atoms with Crippen molar-refractivity contribution in [2.45, 2.75) is 6.54 Å². The Balaban J connectivity index is 1.89. The maximum absolute atomic E-state index is 5.69. The molecule has 0 bridgehead atoms. The van der Waals surface area contributed by atoms with E-state index in [2.05, 4.69) is 29.2 Å². The molecule has 3 rings (SSSR count). The zero-order valence-electron chi connectivity index (χ0n) is 11.0. The van der Waals surface area contributed by atoms with Gasteiger partial charge in [-0.25, -0.2) is 0 Å². The molecule has 3 heteroatoms. The van der Waals surface area contributed by atoms with Crippen molar-refractivity contribution in [2.75, 3.05) is 25.2 Å². The van der Waals surface area contributed by atoms with Crippen LogP contribution in [-0.4, -0.2) is 20.3 Å². The summed E-state index contributed by atoms with van der Waals surface area (Å²) in [6.07, 6.45) is 0. The molecule has 0 radical (unpaired) electrons. The van der Waals surface area contributed by atoms with E-state index in [1.54, 1.807) is 7.11 Å². The molecule has 1 aliphatic heterocycles. The first kappa shape index (κ1) is 11.9. The summed E-state index contributed by atoms with van der Waals surface area (Å²) in [6.45, 7) is 2.52. The standard InChI is InChI=1S/C16H17NO2/c1-18-14-7-8-16-15(11-14)17(9-10-19-16)12-13-5-3-2-4-6-13/h2-8,11H,9-10,12H2,1H3. The second kappa shape index (κ2) is 5.22. The van der Waals surface area contributed by atoms with Gasteiger partial charge in [0, 0.05) is 12.6 Å². The van der Waals surface area contributed by atoms with Gasteiger partial charge in [0.05, 0.1) is 19.3 Å². The number of rotatable bonds is 3. The fraction of sp³-hybridized carbons (Fsp3) is 0.250. The third-order valence-corrected chi connectivity index (χ3v) is 3.34. The Morgan fingerprint density at radius 1 is 1.16 bits per heavy atom. The quantitative estimate of drug-likeness (QED) is 0.841. The van der Waals surface area contributed by atoms with Crippen molar-refractivity contribution in [3.63, 3.8) is 0 Å². The molecule has 0 fully saturated rings. The molecule has 0 spiro atoms. The van der Waals surface area contributed by atoms with Crippen LogP contribution in [-0.2, 0) is 6.54 Å². The predicted octanol–water partition coefficient (Wildman–Crippen LogP) is 3.09. The van der Waals surface area contributed by atoms with E-state index < -0.39 is 0 Å². The van der Waals surface area contributed by atoms with Gasteiger partial charge in [-0.15, -0.1) is 0 Å². The molecule has 0 saturated carbocycles. The summed E-state index contributed by atoms with van der Waals surface area (Å²) in [4.78, 5) is 2.33. The molecular formula is C16H17NO2. The zero-order valence-corrected chi connectivity index (χ0v) is 11.0. The minimum absolute atomic E-state index is 0.728. The Labute approximate surface area is 113 Å². The number of anilines is 1. The van der Waals surface area contributed by atoms with Crippen LogP contribution >= 0.6 is 0 Å². The minimum Gasteiger partial charge on any atom is -0.497 e. The second-order valence-corrected chi connectivity index (χ2v) is 4.59. The molecule has 0 atom stereocenters. The van der Waals surface area contributed by atoms with E-state index in [0.29, 0.717) is 0 Å². The van der Waals surface area contributed by atoms with Gasteiger partial charge < -0.3 is 14.4 Å². The Morgan fingerprint density at radius 3 is 2.79 bits per heavy atom. The van der Waals surface area contributed by atoms with E-state index in [1.807, 2.05) is 24.3 Å². The van der Waals surface area contributed by atoms with Crippen molar-refractivity contribution < 1.29 is 9.47 Å². The molecule has 0 aliphatic carbocycles. The van der Waals surface area contributed by atoms with Crippen molar-refractivity contribution in [1.29, 1.82) is 0 Å². The number of nitrogens with zero attached hydrogens (tertiary/aromatic N) is 1. The van der Waals surface area contributed by atoms with Gasteiger partial charge in [-0.2, -0.15) is 0 Å². The first-order valence-corrected chi connectivity index (χ1v) is 6.46. The van der Waals surface area contributed by atoms with Crippen LogP contribution < -0.4 is 14.4 Å². The topological polar surface area (TPSA) is 21.7 Å². The van der Waals surface area contributed by atoms with Crippen molar-refractivity contribution >= 4 is 5.69 Å². The number of ether oxygens (including phenoxy) is 2. The first-order chi connectivity index (χ1) is 9.36. The van der Waals surface area contributed by atoms with Gasteiger partial charge in [-0.3, -0.25) is 0 Å². The number of hydrogen-bond acceptors (Lipinski definition) is 3. The number of benzene rings is 2. The van der Waals surface area contributed by atoms with Crippen LogP contribution in [0.4, 0.5) is 5.69 Å². The Morgan fingerprint density at radius 2 is 2.00 bits per heavy atom. The number of fused-ring (bicyclic) bond motifs is 1. The van der Waals surface area contributed by atoms with E-state index >= 15 is 0 Å². The summed E-state index contributed by atoms with van der Waals surface area (Å²) in [5.41, 5.74) is 2.41. The van der Waals surface area contributed by atoms with Crippen LogP contribution in [0.25, 0.3) is 0 Å². The van der Waals surface area contributed by atoms with Gasteiger partial charge in [0.2, 0.25) is 0 Å². The van der Waals surface area contributed by atoms with Gasteiger partial charge in [0.25, 0.3) is 0 Å². The molecule has 98 valence electrons. The fourth-order valence-corrected chi connectivity index (χ4v) is 2.35. The lowest BCUT2D eigenvalue weighted by molar-refractivity contribution is 0.305. The molecule has 0 amide bonds. The molecule has 19 heavy (non-hydrogen) atoms. The maximum Gasteiger partial charge on any atom is 0.142 e. The maximum atomic E-state index is 5.69. The summed E-state index contributed by atoms with van der Waals surface area (Å²) in [6, 6.07) is 16.4. The average molecular weight is 255 g/mol. The van der Waals surface area contributed by atoms with Gasteiger partial charge in [0.15, 0.2) is 0 Å². The van der Waals surface area contributed by atoms with Crippen LogP contribution in [0.2, 0.25) is 0 Å². The molecular weight excluding hydrogens is 238 g/mol. The minimum atomic E-state index is 0.728. The molecule has 0 unspecified atom stereocenters. The van der Waals surface area contributed by atoms with E-state index in [0.717, 1.165) is 36.9 Å². The van der Waals surface area contributed by atoms with Crippen LogP contribution in [0.5, 0.6) is 11.5 Å². The largest absolute Gasteiger partial charge is 0.497 e. The number of hydrogen-bond donors (Lipinski definition) is 0. The molecule has 0 aromatic heterocycles. The highest BCUT2D eigenvalue weighted by Gasteiger charge is 2.18. The molecule has 0 saturated heterocycles. The van der Waals surface area contributed by atoms with Crippen molar-refractivity contribution in [1.82, 2.24) is 0 Å². The Hall–Kier alpha value is -2.16. The summed E-state index contributed by atoms with van der Waals surface area (Å²) < 4.78 is 11.0. The smallest absolute Gasteiger partial charge is 0.142 e. The fourth-order valence-electron chi connectivity index (χ4n) is 2.35. The summed E-state index contributed by atoms with van der Waals surface area (Å²) in [5.74, 6) is 1.80. The third kappa shape index (κ3) is 2.50. The SMILES string of the molecule is COc1ccc2c(c1)N(Cc1ccccc1)CCO2. The Kier molecular flexibility index (Phi) is 3.27. The van der Waals surface area contributed by atoms with Gasteiger partial charge in [0.1, 0.15) is 18.1 Å². The lowest BCUT2D eigenvalue weighted by Gasteiger charge is -2.31. The van der Waals surface area contributed by atoms with E-state index in [-0.39, 0.29) is 0 Å². The van der Waals surface area contributed by atoms with E-state index in [4.69, 9.17) is 9.47 Å². The lowest BCUT2D eigenvalue weighted by Crippen LogP contribution is -2.32. The van der Waals surface area contributed by atoms with Crippen molar-refractivity contribution in [3.8, 4) is 11.5 Å². The van der Waals surface area contributed by atoms with Crippen LogP contribution in [0.3, 0.4) is 0 Å². The van der Waals surface area contributed by atoms with Crippen LogP contribution in [0, 0.1) is 0 Å². The first-order valence-electron chi connectivity index (χ1n) is 6.46. The van der Waals surface area contributed by atoms with Gasteiger partial charge >= 0.3 is 0 Å². The van der Waals surface area contributed by atoms with Crippen molar-refractivity contribution in [2.24, 2.45) is 0 Å². The lowest BCUT2D eigenvalue weighted by atomic mass is 10.1. The van der Waals surface area contributed by atoms with Gasteiger partial charge in [-0.05, 0) is 17.7 Å². The van der Waals surface area contributed by atoms with Crippen LogP contribution in [0.1, 0.15) is 5.56 Å². The highest BCUT2D eigenvalue weighted by Crippen LogP contribution is 2.35. The molecule has 1 aliphatic rings. The van der Waals surface area contributed by atoms with Crippen LogP contribution in [0.15, 0.2) is 48.5 Å².